The first kappa shape index (κ1) is 17.1. The Bertz CT molecular complexity index is 1150. The third-order valence-electron chi connectivity index (χ3n) is 3.70. The number of alkyl halides is 2. The molecule has 0 amide bonds. The molecule has 6 nitrogen and oxygen atoms in total. The Morgan fingerprint density at radius 2 is 2.07 bits per heavy atom. The van der Waals surface area contributed by atoms with E-state index in [0.717, 1.165) is 4.68 Å². The van der Waals surface area contributed by atoms with Gasteiger partial charge in [0.2, 0.25) is 0 Å². The summed E-state index contributed by atoms with van der Waals surface area (Å²) in [6.07, 6.45) is 4.30. The number of halogens is 2. The zero-order valence-corrected chi connectivity index (χ0v) is 14.4. The molecule has 3 heterocycles. The van der Waals surface area contributed by atoms with Crippen LogP contribution >= 0.6 is 11.3 Å². The summed E-state index contributed by atoms with van der Waals surface area (Å²) in [5.74, 6) is 0.625. The molecule has 9 heteroatoms. The van der Waals surface area contributed by atoms with Gasteiger partial charge < -0.3 is 9.15 Å². The average molecular weight is 387 g/mol. The summed E-state index contributed by atoms with van der Waals surface area (Å²) in [6.45, 7) is -2.88. The largest absolute Gasteiger partial charge is 0.464 e. The fraction of sp³-hybridized carbons (Fsp3) is 0.0556. The molecule has 1 aromatic carbocycles. The maximum absolute atomic E-state index is 12.8. The summed E-state index contributed by atoms with van der Waals surface area (Å²) in [7, 11) is 0. The van der Waals surface area contributed by atoms with Crippen LogP contribution < -0.4 is 10.3 Å². The summed E-state index contributed by atoms with van der Waals surface area (Å²) in [4.78, 5) is 17.6. The highest BCUT2D eigenvalue weighted by atomic mass is 32.1. The third kappa shape index (κ3) is 3.49. The minimum Gasteiger partial charge on any atom is -0.464 e. The fourth-order valence-corrected chi connectivity index (χ4v) is 3.37. The molecule has 4 aromatic rings. The van der Waals surface area contributed by atoms with Gasteiger partial charge in [-0.25, -0.2) is 4.98 Å². The molecule has 0 aliphatic rings. The Morgan fingerprint density at radius 1 is 1.26 bits per heavy atom. The van der Waals surface area contributed by atoms with Crippen LogP contribution in [0.2, 0.25) is 0 Å². The van der Waals surface area contributed by atoms with Crippen molar-refractivity contribution in [1.82, 2.24) is 9.66 Å². The lowest BCUT2D eigenvalue weighted by atomic mass is 10.2. The molecule has 136 valence electrons. The smallest absolute Gasteiger partial charge is 0.387 e. The Morgan fingerprint density at radius 3 is 2.78 bits per heavy atom. The van der Waals surface area contributed by atoms with Crippen molar-refractivity contribution >= 4 is 27.8 Å². The van der Waals surface area contributed by atoms with Gasteiger partial charge in [0.05, 0.1) is 17.9 Å². The van der Waals surface area contributed by atoms with E-state index in [1.807, 2.05) is 5.38 Å². The van der Waals surface area contributed by atoms with Crippen molar-refractivity contribution in [2.24, 2.45) is 5.10 Å². The topological polar surface area (TPSA) is 69.6 Å². The number of furan rings is 1. The normalized spacial score (nSPS) is 11.7. The molecule has 0 spiro atoms. The Labute approximate surface area is 155 Å². The van der Waals surface area contributed by atoms with Crippen LogP contribution in [-0.2, 0) is 0 Å². The van der Waals surface area contributed by atoms with E-state index in [1.165, 1.54) is 42.3 Å². The summed E-state index contributed by atoms with van der Waals surface area (Å²) in [6, 6.07) is 9.41. The first-order chi connectivity index (χ1) is 13.1. The van der Waals surface area contributed by atoms with Gasteiger partial charge in [0, 0.05) is 10.9 Å². The molecule has 0 N–H and O–H groups in total. The van der Waals surface area contributed by atoms with E-state index >= 15 is 0 Å². The number of ether oxygens (including phenoxy) is 1. The molecule has 4 rings (SSSR count). The second-order valence-corrected chi connectivity index (χ2v) is 6.25. The van der Waals surface area contributed by atoms with Crippen molar-refractivity contribution in [3.63, 3.8) is 0 Å². The summed E-state index contributed by atoms with van der Waals surface area (Å²) in [5, 5.41) is 6.36. The molecule has 27 heavy (non-hydrogen) atoms. The van der Waals surface area contributed by atoms with E-state index in [4.69, 9.17) is 4.42 Å². The number of hydrogen-bond acceptors (Lipinski definition) is 6. The van der Waals surface area contributed by atoms with Gasteiger partial charge in [0.1, 0.15) is 22.7 Å². The highest BCUT2D eigenvalue weighted by molar-refractivity contribution is 7.17. The molecule has 0 aliphatic heterocycles. The number of aromatic nitrogens is 2. The van der Waals surface area contributed by atoms with Gasteiger partial charge >= 0.3 is 6.61 Å². The molecule has 0 bridgehead atoms. The molecule has 0 atom stereocenters. The van der Waals surface area contributed by atoms with Crippen LogP contribution in [0.15, 0.2) is 68.7 Å². The minimum atomic E-state index is -2.88. The highest BCUT2D eigenvalue weighted by Crippen LogP contribution is 2.30. The second kappa shape index (κ2) is 7.12. The van der Waals surface area contributed by atoms with Crippen molar-refractivity contribution in [2.75, 3.05) is 0 Å². The standard InChI is InChI=1S/C18H11F2N3O3S/c19-18(20)26-12-5-3-11(4-6-12)8-22-23-10-21-16-15(17(23)24)13(9-27-16)14-2-1-7-25-14/h1-10,18H/b22-8-. The number of rotatable bonds is 5. The van der Waals surface area contributed by atoms with E-state index in [9.17, 15) is 13.6 Å². The van der Waals surface area contributed by atoms with Crippen molar-refractivity contribution in [2.45, 2.75) is 6.61 Å². The average Bonchev–Trinajstić information content (AvgIpc) is 3.31. The molecule has 0 saturated heterocycles. The molecule has 3 aromatic heterocycles. The molecular weight excluding hydrogens is 376 g/mol. The number of fused-ring (bicyclic) bond motifs is 1. The molecule has 0 fully saturated rings. The Hall–Kier alpha value is -3.33. The van der Waals surface area contributed by atoms with Crippen LogP contribution in [0.4, 0.5) is 8.78 Å². The van der Waals surface area contributed by atoms with Gasteiger partial charge in [-0.3, -0.25) is 4.79 Å². The van der Waals surface area contributed by atoms with Gasteiger partial charge in [-0.1, -0.05) is 0 Å². The van der Waals surface area contributed by atoms with Gasteiger partial charge in [-0.05, 0) is 42.0 Å². The van der Waals surface area contributed by atoms with Crippen LogP contribution in [0.5, 0.6) is 5.75 Å². The molecule has 0 radical (unpaired) electrons. The van der Waals surface area contributed by atoms with Gasteiger partial charge in [-0.15, -0.1) is 11.3 Å². The summed E-state index contributed by atoms with van der Waals surface area (Å²) in [5.41, 5.74) is 0.942. The zero-order valence-electron chi connectivity index (χ0n) is 13.6. The van der Waals surface area contributed by atoms with E-state index in [0.29, 0.717) is 27.1 Å². The number of hydrogen-bond donors (Lipinski definition) is 0. The SMILES string of the molecule is O=c1c2c(-c3ccco3)csc2ncn1/N=C\c1ccc(OC(F)F)cc1. The lowest BCUT2D eigenvalue weighted by Gasteiger charge is -2.03. The number of nitrogens with zero attached hydrogens (tertiary/aromatic N) is 3. The molecule has 0 saturated carbocycles. The summed E-state index contributed by atoms with van der Waals surface area (Å²) < 4.78 is 35.1. The zero-order chi connectivity index (χ0) is 18.8. The lowest BCUT2D eigenvalue weighted by molar-refractivity contribution is -0.0498. The van der Waals surface area contributed by atoms with E-state index in [-0.39, 0.29) is 11.3 Å². The highest BCUT2D eigenvalue weighted by Gasteiger charge is 2.14. The maximum atomic E-state index is 12.8. The van der Waals surface area contributed by atoms with Crippen molar-refractivity contribution in [3.8, 4) is 17.1 Å². The third-order valence-corrected chi connectivity index (χ3v) is 4.59. The summed E-state index contributed by atoms with van der Waals surface area (Å²) >= 11 is 1.34. The predicted molar refractivity (Wildman–Crippen MR) is 97.6 cm³/mol. The van der Waals surface area contributed by atoms with Crippen LogP contribution in [0.1, 0.15) is 5.56 Å². The van der Waals surface area contributed by atoms with Crippen LogP contribution in [0, 0.1) is 0 Å². The quantitative estimate of drug-likeness (QED) is 0.481. The van der Waals surface area contributed by atoms with Crippen molar-refractivity contribution in [1.29, 1.82) is 0 Å². The van der Waals surface area contributed by atoms with E-state index in [1.54, 1.807) is 24.3 Å². The van der Waals surface area contributed by atoms with Gasteiger partial charge in [-0.2, -0.15) is 18.6 Å². The lowest BCUT2D eigenvalue weighted by Crippen LogP contribution is -2.16. The monoisotopic (exact) mass is 387 g/mol. The van der Waals surface area contributed by atoms with Crippen molar-refractivity contribution < 1.29 is 17.9 Å². The first-order valence-electron chi connectivity index (χ1n) is 7.74. The fourth-order valence-electron chi connectivity index (χ4n) is 2.48. The Kier molecular flexibility index (Phi) is 4.51. The van der Waals surface area contributed by atoms with Crippen LogP contribution in [0.3, 0.4) is 0 Å². The Balaban J connectivity index is 1.66. The minimum absolute atomic E-state index is 0.0452. The van der Waals surface area contributed by atoms with Gasteiger partial charge in [0.15, 0.2) is 0 Å². The second-order valence-electron chi connectivity index (χ2n) is 5.39. The number of benzene rings is 1. The number of thiophene rings is 1. The molecular formula is C18H11F2N3O3S. The van der Waals surface area contributed by atoms with Crippen LogP contribution in [-0.4, -0.2) is 22.5 Å². The maximum Gasteiger partial charge on any atom is 0.387 e. The van der Waals surface area contributed by atoms with E-state index in [2.05, 4.69) is 14.8 Å². The predicted octanol–water partition coefficient (Wildman–Crippen LogP) is 4.20. The molecule has 0 unspecified atom stereocenters. The van der Waals surface area contributed by atoms with Gasteiger partial charge in [0.25, 0.3) is 5.56 Å². The van der Waals surface area contributed by atoms with E-state index < -0.39 is 6.61 Å². The van der Waals surface area contributed by atoms with Crippen molar-refractivity contribution in [3.05, 3.63) is 70.3 Å². The first-order valence-corrected chi connectivity index (χ1v) is 8.62. The molecule has 0 aliphatic carbocycles. The van der Waals surface area contributed by atoms with Crippen LogP contribution in [0.25, 0.3) is 21.5 Å².